The van der Waals surface area contributed by atoms with Crippen LogP contribution in [-0.2, 0) is 0 Å². The van der Waals surface area contributed by atoms with Crippen LogP contribution < -0.4 is 0 Å². The van der Waals surface area contributed by atoms with Gasteiger partial charge in [-0.2, -0.15) is 0 Å². The summed E-state index contributed by atoms with van der Waals surface area (Å²) >= 11 is 0. The normalized spacial score (nSPS) is 39.8. The molecule has 0 spiro atoms. The van der Waals surface area contributed by atoms with Gasteiger partial charge in [0.2, 0.25) is 0 Å². The minimum Gasteiger partial charge on any atom is -0.0940 e. The smallest absolute Gasteiger partial charge is 0.00866 e. The molecule has 20 heavy (non-hydrogen) atoms. The summed E-state index contributed by atoms with van der Waals surface area (Å²) in [4.78, 5) is 0. The molecule has 0 atom stereocenters. The van der Waals surface area contributed by atoms with Crippen molar-refractivity contribution in [3.05, 3.63) is 0 Å². The fourth-order valence-electron chi connectivity index (χ4n) is 6.32. The van der Waals surface area contributed by atoms with Gasteiger partial charge in [-0.1, -0.05) is 46.4 Å². The molecule has 0 heterocycles. The van der Waals surface area contributed by atoms with Crippen molar-refractivity contribution in [1.82, 2.24) is 0 Å². The molecule has 0 nitrogen and oxygen atoms in total. The van der Waals surface area contributed by atoms with Crippen molar-refractivity contribution in [2.45, 2.75) is 113 Å². The fraction of sp³-hybridized carbons (Fsp3) is 1.00. The van der Waals surface area contributed by atoms with Gasteiger partial charge in [0.05, 0.1) is 0 Å². The van der Waals surface area contributed by atoms with Crippen LogP contribution in [0.1, 0.15) is 96.3 Å². The molecule has 0 aliphatic heterocycles. The average molecular weight is 292 g/mol. The third-order valence-corrected chi connectivity index (χ3v) is 11.5. The third kappa shape index (κ3) is 2.49. The zero-order chi connectivity index (χ0) is 13.4. The van der Waals surface area contributed by atoms with E-state index < -0.39 is 0 Å². The molecule has 0 radical (unpaired) electrons. The molecule has 0 saturated heterocycles. The van der Waals surface area contributed by atoms with Gasteiger partial charge in [0.25, 0.3) is 0 Å². The van der Waals surface area contributed by atoms with Gasteiger partial charge in [0.1, 0.15) is 0 Å². The Morgan fingerprint density at radius 1 is 0.600 bits per heavy atom. The summed E-state index contributed by atoms with van der Waals surface area (Å²) in [5.41, 5.74) is 2.39. The van der Waals surface area contributed by atoms with Crippen LogP contribution in [0.2, 0.25) is 0 Å². The average Bonchev–Trinajstić information content (AvgIpc) is 3.11. The lowest BCUT2D eigenvalue weighted by Crippen LogP contribution is -2.33. The highest BCUT2D eigenvalue weighted by atomic mass is 31.1. The van der Waals surface area contributed by atoms with Gasteiger partial charge in [-0.15, -0.1) is 0 Å². The molecular weight excluding hydrogens is 259 g/mol. The van der Waals surface area contributed by atoms with Gasteiger partial charge in [-0.25, -0.2) is 0 Å². The van der Waals surface area contributed by atoms with E-state index >= 15 is 0 Å². The highest BCUT2D eigenvalue weighted by Crippen LogP contribution is 2.73. The topological polar surface area (TPSA) is 0 Å². The molecule has 4 saturated carbocycles. The molecule has 4 rings (SSSR count). The molecule has 0 aromatic heterocycles. The molecule has 4 fully saturated rings. The van der Waals surface area contributed by atoms with E-state index in [0.717, 1.165) is 11.1 Å². The van der Waals surface area contributed by atoms with Gasteiger partial charge in [0.15, 0.2) is 0 Å². The molecule has 4 aliphatic rings. The van der Waals surface area contributed by atoms with Crippen molar-refractivity contribution in [3.8, 4) is 0 Å². The number of hydrogen-bond acceptors (Lipinski definition) is 0. The summed E-state index contributed by atoms with van der Waals surface area (Å²) in [5, 5.41) is 0.907. The zero-order valence-corrected chi connectivity index (χ0v) is 14.2. The van der Waals surface area contributed by atoms with E-state index in [2.05, 4.69) is 0 Å². The predicted molar refractivity (Wildman–Crippen MR) is 90.0 cm³/mol. The number of rotatable bonds is 3. The summed E-state index contributed by atoms with van der Waals surface area (Å²) < 4.78 is 0. The van der Waals surface area contributed by atoms with E-state index in [1.807, 2.05) is 0 Å². The molecular formula is C19H33P. The van der Waals surface area contributed by atoms with Gasteiger partial charge < -0.3 is 0 Å². The molecule has 0 N–H and O–H groups in total. The highest BCUT2D eigenvalue weighted by molar-refractivity contribution is 7.60. The second kappa shape index (κ2) is 5.91. The third-order valence-electron chi connectivity index (χ3n) is 7.19. The monoisotopic (exact) mass is 292 g/mol. The Bertz CT molecular complexity index is 299. The Hall–Kier alpha value is 0.430. The van der Waals surface area contributed by atoms with Crippen LogP contribution in [0.4, 0.5) is 0 Å². The molecule has 0 aromatic carbocycles. The van der Waals surface area contributed by atoms with Crippen molar-refractivity contribution < 1.29 is 0 Å². The van der Waals surface area contributed by atoms with E-state index in [4.69, 9.17) is 0 Å². The molecule has 0 unspecified atom stereocenters. The van der Waals surface area contributed by atoms with E-state index in [1.165, 1.54) is 11.3 Å². The first-order chi connectivity index (χ1) is 9.87. The quantitative estimate of drug-likeness (QED) is 0.523. The van der Waals surface area contributed by atoms with E-state index in [-0.39, 0.29) is 0 Å². The number of hydrogen-bond donors (Lipinski definition) is 0. The Kier molecular flexibility index (Phi) is 4.15. The summed E-state index contributed by atoms with van der Waals surface area (Å²) in [6.45, 7) is 0. The van der Waals surface area contributed by atoms with Crippen LogP contribution in [0.3, 0.4) is 0 Å². The molecule has 0 aromatic rings. The second-order valence-electron chi connectivity index (χ2n) is 8.36. The first-order valence-corrected chi connectivity index (χ1v) is 11.1. The summed E-state index contributed by atoms with van der Waals surface area (Å²) in [7, 11) is 0.359. The van der Waals surface area contributed by atoms with Crippen LogP contribution >= 0.6 is 7.92 Å². The largest absolute Gasteiger partial charge is 0.0940 e. The molecule has 0 amide bonds. The lowest BCUT2D eigenvalue weighted by molar-refractivity contribution is 0.455. The molecule has 2 bridgehead atoms. The van der Waals surface area contributed by atoms with Crippen LogP contribution in [0.15, 0.2) is 0 Å². The lowest BCUT2D eigenvalue weighted by Gasteiger charge is -2.48. The molecule has 4 aliphatic carbocycles. The Morgan fingerprint density at radius 2 is 1.10 bits per heavy atom. The maximum atomic E-state index is 1.67. The summed E-state index contributed by atoms with van der Waals surface area (Å²) in [6.07, 6.45) is 24.0. The van der Waals surface area contributed by atoms with Crippen LogP contribution in [0.25, 0.3) is 0 Å². The Morgan fingerprint density at radius 3 is 1.50 bits per heavy atom. The number of fused-ring (bicyclic) bond motifs is 2. The van der Waals surface area contributed by atoms with Crippen molar-refractivity contribution in [2.75, 3.05) is 0 Å². The van der Waals surface area contributed by atoms with Crippen molar-refractivity contribution >= 4 is 7.92 Å². The molecule has 1 heteroatoms. The minimum absolute atomic E-state index is 0.359. The van der Waals surface area contributed by atoms with E-state index in [1.54, 1.807) is 96.3 Å². The maximum Gasteiger partial charge on any atom is -0.00866 e. The summed E-state index contributed by atoms with van der Waals surface area (Å²) in [6, 6.07) is 0. The van der Waals surface area contributed by atoms with Crippen molar-refractivity contribution in [1.29, 1.82) is 0 Å². The van der Waals surface area contributed by atoms with Crippen molar-refractivity contribution in [2.24, 2.45) is 5.92 Å². The second-order valence-corrected chi connectivity index (χ2v) is 11.6. The molecule has 114 valence electrons. The maximum absolute atomic E-state index is 1.67. The first kappa shape index (κ1) is 14.0. The predicted octanol–water partition coefficient (Wildman–Crippen LogP) is 6.47. The zero-order valence-electron chi connectivity index (χ0n) is 13.3. The first-order valence-electron chi connectivity index (χ1n) is 9.66. The Labute approximate surface area is 127 Å². The van der Waals surface area contributed by atoms with Crippen LogP contribution in [0.5, 0.6) is 0 Å². The Balaban J connectivity index is 1.58. The fourth-order valence-corrected chi connectivity index (χ4v) is 11.5. The minimum atomic E-state index is 0.359. The standard InChI is InChI=1S/C19H33P/c1-3-7-17(8-4-1)20(18-9-5-2-6-10-18)19-13-11-16(15-19)12-14-19/h16-18H,1-15H2. The van der Waals surface area contributed by atoms with Gasteiger partial charge >= 0.3 is 0 Å². The van der Waals surface area contributed by atoms with Gasteiger partial charge in [0, 0.05) is 0 Å². The summed E-state index contributed by atoms with van der Waals surface area (Å²) in [5.74, 6) is 1.16. The van der Waals surface area contributed by atoms with E-state index in [9.17, 15) is 0 Å². The highest BCUT2D eigenvalue weighted by Gasteiger charge is 2.53. The van der Waals surface area contributed by atoms with E-state index in [0.29, 0.717) is 7.92 Å². The van der Waals surface area contributed by atoms with Gasteiger partial charge in [-0.3, -0.25) is 0 Å². The van der Waals surface area contributed by atoms with Gasteiger partial charge in [-0.05, 0) is 80.2 Å². The van der Waals surface area contributed by atoms with Crippen LogP contribution in [0, 0.1) is 5.92 Å². The lowest BCUT2D eigenvalue weighted by atomic mass is 9.99. The SMILES string of the molecule is C1CCC(P(C2CCCCC2)C23CCC(CC2)C3)CC1. The van der Waals surface area contributed by atoms with Crippen molar-refractivity contribution in [3.63, 3.8) is 0 Å². The van der Waals surface area contributed by atoms with Crippen LogP contribution in [-0.4, -0.2) is 16.5 Å².